The average molecular weight is 664 g/mol. The second-order valence-electron chi connectivity index (χ2n) is 14.2. The van der Waals surface area contributed by atoms with Gasteiger partial charge in [-0.3, -0.25) is 4.79 Å². The number of rotatable bonds is 37. The lowest BCUT2D eigenvalue weighted by Crippen LogP contribution is -2.45. The van der Waals surface area contributed by atoms with Gasteiger partial charge in [-0.1, -0.05) is 199 Å². The summed E-state index contributed by atoms with van der Waals surface area (Å²) in [6, 6.07) is -0.755. The van der Waals surface area contributed by atoms with Gasteiger partial charge in [0.25, 0.3) is 0 Å². The van der Waals surface area contributed by atoms with E-state index in [0.29, 0.717) is 6.42 Å². The molecule has 0 aromatic rings. The quantitative estimate of drug-likeness (QED) is 0.0393. The summed E-state index contributed by atoms with van der Waals surface area (Å²) in [6.07, 6.45) is 44.9. The Morgan fingerprint density at radius 3 is 1.36 bits per heavy atom. The number of carbonyl (C=O) groups excluding carboxylic acids is 1. The molecule has 47 heavy (non-hydrogen) atoms. The highest BCUT2D eigenvalue weighted by atomic mass is 16.3. The van der Waals surface area contributed by atoms with Crippen molar-refractivity contribution >= 4 is 5.91 Å². The van der Waals surface area contributed by atoms with Crippen LogP contribution in [0.15, 0.2) is 24.3 Å². The summed E-state index contributed by atoms with van der Waals surface area (Å²) in [5, 5.41) is 32.9. The molecule has 0 radical (unpaired) electrons. The third-order valence-electron chi connectivity index (χ3n) is 9.49. The van der Waals surface area contributed by atoms with Crippen LogP contribution in [0.1, 0.15) is 213 Å². The molecule has 3 unspecified atom stereocenters. The van der Waals surface area contributed by atoms with Crippen molar-refractivity contribution in [1.29, 1.82) is 0 Å². The highest BCUT2D eigenvalue weighted by Gasteiger charge is 2.20. The number of allylic oxidation sites excluding steroid dienone is 3. The number of unbranched alkanes of at least 4 members (excludes halogenated alkanes) is 26. The molecule has 0 saturated carbocycles. The van der Waals surface area contributed by atoms with Crippen LogP contribution >= 0.6 is 0 Å². The summed E-state index contributed by atoms with van der Waals surface area (Å²) < 4.78 is 0. The van der Waals surface area contributed by atoms with Crippen molar-refractivity contribution in [2.24, 2.45) is 0 Å². The molecular weight excluding hydrogens is 582 g/mol. The zero-order valence-corrected chi connectivity index (χ0v) is 31.4. The number of hydrogen-bond acceptors (Lipinski definition) is 4. The van der Waals surface area contributed by atoms with E-state index in [4.69, 9.17) is 0 Å². The molecule has 3 atom stereocenters. The van der Waals surface area contributed by atoms with Crippen molar-refractivity contribution in [2.75, 3.05) is 6.61 Å². The Kier molecular flexibility index (Phi) is 36.7. The number of carbonyl (C=O) groups is 1. The molecular formula is C42H81NO4. The lowest BCUT2D eigenvalue weighted by molar-refractivity contribution is -0.124. The predicted octanol–water partition coefficient (Wildman–Crippen LogP) is 11.4. The van der Waals surface area contributed by atoms with E-state index in [2.05, 4.69) is 31.3 Å². The first-order chi connectivity index (χ1) is 23.0. The average Bonchev–Trinajstić information content (AvgIpc) is 3.06. The van der Waals surface area contributed by atoms with Gasteiger partial charge in [-0.25, -0.2) is 0 Å². The molecule has 278 valence electrons. The molecule has 0 aliphatic heterocycles. The topological polar surface area (TPSA) is 89.8 Å². The first-order valence-corrected chi connectivity index (χ1v) is 20.6. The fourth-order valence-electron chi connectivity index (χ4n) is 6.30. The molecule has 0 aromatic carbocycles. The highest BCUT2D eigenvalue weighted by molar-refractivity contribution is 5.76. The number of nitrogens with one attached hydrogen (secondary N) is 1. The van der Waals surface area contributed by atoms with Crippen molar-refractivity contribution in [2.45, 2.75) is 231 Å². The minimum absolute atomic E-state index is 0.00702. The molecule has 4 N–H and O–H groups in total. The second-order valence-corrected chi connectivity index (χ2v) is 14.2. The standard InChI is InChI=1S/C42H81NO4/c1-3-5-7-9-11-12-13-14-15-16-17-18-19-20-21-22-23-24-25-26-27-28-30-32-34-36-41(46)40(38-44)43-42(47)37-39(45)35-33-31-29-10-8-6-4-2/h27-28,34,36,39-41,44-46H,3-26,29-33,35,37-38H2,1-2H3,(H,43,47)/b28-27+,36-34+. The summed E-state index contributed by atoms with van der Waals surface area (Å²) in [7, 11) is 0. The maximum Gasteiger partial charge on any atom is 0.222 e. The van der Waals surface area contributed by atoms with Crippen LogP contribution < -0.4 is 5.32 Å². The summed E-state index contributed by atoms with van der Waals surface area (Å²) in [6.45, 7) is 4.16. The van der Waals surface area contributed by atoms with E-state index in [1.165, 1.54) is 154 Å². The molecule has 0 spiro atoms. The fraction of sp³-hybridized carbons (Fsp3) is 0.881. The lowest BCUT2D eigenvalue weighted by atomic mass is 10.0. The van der Waals surface area contributed by atoms with Gasteiger partial charge in [0.05, 0.1) is 31.3 Å². The SMILES string of the molecule is CCCCCCCCCCCCCCCCCCCCC/C=C/CC/C=C/C(O)C(CO)NC(=O)CC(O)CCCCCCCCC. The smallest absolute Gasteiger partial charge is 0.222 e. The molecule has 0 aromatic heterocycles. The van der Waals surface area contributed by atoms with Crippen LogP contribution in [-0.2, 0) is 4.79 Å². The van der Waals surface area contributed by atoms with E-state index in [1.54, 1.807) is 6.08 Å². The van der Waals surface area contributed by atoms with Gasteiger partial charge in [-0.05, 0) is 32.1 Å². The van der Waals surface area contributed by atoms with Crippen molar-refractivity contribution in [3.05, 3.63) is 24.3 Å². The Morgan fingerprint density at radius 1 is 0.532 bits per heavy atom. The monoisotopic (exact) mass is 664 g/mol. The maximum atomic E-state index is 12.3. The van der Waals surface area contributed by atoms with E-state index in [-0.39, 0.29) is 18.9 Å². The fourth-order valence-corrected chi connectivity index (χ4v) is 6.30. The summed E-state index contributed by atoms with van der Waals surface area (Å²) in [5.41, 5.74) is 0. The number of aliphatic hydroxyl groups is 3. The van der Waals surface area contributed by atoms with Crippen molar-refractivity contribution < 1.29 is 20.1 Å². The summed E-state index contributed by atoms with van der Waals surface area (Å²) in [4.78, 5) is 12.3. The van der Waals surface area contributed by atoms with E-state index in [9.17, 15) is 20.1 Å². The van der Waals surface area contributed by atoms with E-state index >= 15 is 0 Å². The summed E-state index contributed by atoms with van der Waals surface area (Å²) in [5.74, 6) is -0.329. The largest absolute Gasteiger partial charge is 0.394 e. The first-order valence-electron chi connectivity index (χ1n) is 20.6. The summed E-state index contributed by atoms with van der Waals surface area (Å²) >= 11 is 0. The zero-order chi connectivity index (χ0) is 34.5. The molecule has 0 rings (SSSR count). The van der Waals surface area contributed by atoms with Crippen LogP contribution in [-0.4, -0.2) is 46.1 Å². The van der Waals surface area contributed by atoms with Crippen molar-refractivity contribution in [3.63, 3.8) is 0 Å². The van der Waals surface area contributed by atoms with Crippen LogP contribution in [0.3, 0.4) is 0 Å². The molecule has 5 nitrogen and oxygen atoms in total. The predicted molar refractivity (Wildman–Crippen MR) is 204 cm³/mol. The van der Waals surface area contributed by atoms with Gasteiger partial charge >= 0.3 is 0 Å². The normalized spacial score (nSPS) is 13.9. The van der Waals surface area contributed by atoms with Crippen LogP contribution in [0.25, 0.3) is 0 Å². The molecule has 0 bridgehead atoms. The third-order valence-corrected chi connectivity index (χ3v) is 9.49. The van der Waals surface area contributed by atoms with Crippen molar-refractivity contribution in [1.82, 2.24) is 5.32 Å². The van der Waals surface area contributed by atoms with E-state index in [0.717, 1.165) is 32.1 Å². The van der Waals surface area contributed by atoms with Gasteiger partial charge in [0.1, 0.15) is 0 Å². The minimum Gasteiger partial charge on any atom is -0.394 e. The van der Waals surface area contributed by atoms with Gasteiger partial charge < -0.3 is 20.6 Å². The molecule has 5 heteroatoms. The van der Waals surface area contributed by atoms with E-state index in [1.807, 2.05) is 6.08 Å². The number of amides is 1. The van der Waals surface area contributed by atoms with Gasteiger partial charge in [0, 0.05) is 0 Å². The van der Waals surface area contributed by atoms with Gasteiger partial charge in [0.2, 0.25) is 5.91 Å². The van der Waals surface area contributed by atoms with E-state index < -0.39 is 18.2 Å². The van der Waals surface area contributed by atoms with Crippen LogP contribution in [0.2, 0.25) is 0 Å². The van der Waals surface area contributed by atoms with Gasteiger partial charge in [-0.15, -0.1) is 0 Å². The highest BCUT2D eigenvalue weighted by Crippen LogP contribution is 2.15. The van der Waals surface area contributed by atoms with Gasteiger partial charge in [-0.2, -0.15) is 0 Å². The maximum absolute atomic E-state index is 12.3. The Morgan fingerprint density at radius 2 is 0.915 bits per heavy atom. The first kappa shape index (κ1) is 45.8. The Balaban J connectivity index is 3.62. The molecule has 0 aliphatic rings. The van der Waals surface area contributed by atoms with Crippen LogP contribution in [0, 0.1) is 0 Å². The Hall–Kier alpha value is -1.17. The number of hydrogen-bond donors (Lipinski definition) is 4. The Bertz CT molecular complexity index is 694. The Labute approximate surface area is 292 Å². The molecule has 0 fully saturated rings. The molecule has 1 amide bonds. The molecule has 0 aliphatic carbocycles. The molecule has 0 heterocycles. The lowest BCUT2D eigenvalue weighted by Gasteiger charge is -2.21. The van der Waals surface area contributed by atoms with Crippen molar-refractivity contribution in [3.8, 4) is 0 Å². The number of aliphatic hydroxyl groups excluding tert-OH is 3. The van der Waals surface area contributed by atoms with Crippen LogP contribution in [0.4, 0.5) is 0 Å². The van der Waals surface area contributed by atoms with Crippen LogP contribution in [0.5, 0.6) is 0 Å². The second kappa shape index (κ2) is 37.6. The third kappa shape index (κ3) is 34.5. The minimum atomic E-state index is -0.947. The van der Waals surface area contributed by atoms with Gasteiger partial charge in [0.15, 0.2) is 0 Å². The zero-order valence-electron chi connectivity index (χ0n) is 31.4. The molecule has 0 saturated heterocycles.